The van der Waals surface area contributed by atoms with Gasteiger partial charge in [0, 0.05) is 31.5 Å². The van der Waals surface area contributed by atoms with Gasteiger partial charge in [-0.05, 0) is 45.7 Å². The fraction of sp³-hybridized carbons (Fsp3) is 0.611. The van der Waals surface area contributed by atoms with Crippen LogP contribution in [0.4, 0.5) is 0 Å². The highest BCUT2D eigenvalue weighted by atomic mass is 16.4. The van der Waals surface area contributed by atoms with Crippen molar-refractivity contribution in [3.8, 4) is 0 Å². The molecule has 7 heteroatoms. The van der Waals surface area contributed by atoms with Crippen molar-refractivity contribution >= 4 is 11.9 Å². The van der Waals surface area contributed by atoms with Crippen LogP contribution in [0.5, 0.6) is 0 Å². The summed E-state index contributed by atoms with van der Waals surface area (Å²) in [4.78, 5) is 38.4. The van der Waals surface area contributed by atoms with Gasteiger partial charge in [-0.15, -0.1) is 0 Å². The Labute approximate surface area is 147 Å². The standard InChI is InChI=1S/C18H27N3O4/c1-4-6-20-7-5-13(9-20)8-19-17(23)14-10-21(12(2)3)11-15(16(14)22)18(24)25/h10-13H,4-9H2,1-3H3,(H,19,23)(H,24,25)/t13-/m0/s1. The van der Waals surface area contributed by atoms with E-state index in [1.165, 1.54) is 12.4 Å². The number of likely N-dealkylation sites (tertiary alicyclic amines) is 1. The zero-order valence-electron chi connectivity index (χ0n) is 15.1. The predicted octanol–water partition coefficient (Wildman–Crippen LogP) is 1.59. The quantitative estimate of drug-likeness (QED) is 0.780. The van der Waals surface area contributed by atoms with Crippen LogP contribution in [0.15, 0.2) is 17.2 Å². The molecule has 0 radical (unpaired) electrons. The van der Waals surface area contributed by atoms with E-state index in [0.29, 0.717) is 12.5 Å². The third-order valence-corrected chi connectivity index (χ3v) is 4.58. The molecule has 1 aliphatic heterocycles. The number of carbonyl (C=O) groups is 2. The van der Waals surface area contributed by atoms with Crippen molar-refractivity contribution in [2.45, 2.75) is 39.7 Å². The van der Waals surface area contributed by atoms with Crippen LogP contribution in [-0.2, 0) is 0 Å². The van der Waals surface area contributed by atoms with Crippen molar-refractivity contribution in [3.63, 3.8) is 0 Å². The average Bonchev–Trinajstić information content (AvgIpc) is 3.00. The number of carbonyl (C=O) groups excluding carboxylic acids is 1. The lowest BCUT2D eigenvalue weighted by Crippen LogP contribution is -2.35. The Balaban J connectivity index is 2.11. The lowest BCUT2D eigenvalue weighted by Gasteiger charge is -2.16. The van der Waals surface area contributed by atoms with Gasteiger partial charge in [-0.2, -0.15) is 0 Å². The number of rotatable bonds is 7. The van der Waals surface area contributed by atoms with Gasteiger partial charge in [-0.3, -0.25) is 9.59 Å². The van der Waals surface area contributed by atoms with Crippen LogP contribution in [0, 0.1) is 5.92 Å². The largest absolute Gasteiger partial charge is 0.477 e. The summed E-state index contributed by atoms with van der Waals surface area (Å²) in [6.45, 7) is 9.39. The van der Waals surface area contributed by atoms with E-state index in [0.717, 1.165) is 32.5 Å². The normalized spacial score (nSPS) is 17.8. The first-order valence-corrected chi connectivity index (χ1v) is 8.83. The van der Waals surface area contributed by atoms with Crippen LogP contribution in [-0.4, -0.2) is 52.6 Å². The fourth-order valence-corrected chi connectivity index (χ4v) is 3.14. The van der Waals surface area contributed by atoms with E-state index in [4.69, 9.17) is 0 Å². The Kier molecular flexibility index (Phi) is 6.36. The maximum Gasteiger partial charge on any atom is 0.341 e. The number of hydrogen-bond acceptors (Lipinski definition) is 4. The molecule has 0 saturated carbocycles. The highest BCUT2D eigenvalue weighted by molar-refractivity contribution is 5.96. The molecule has 1 aliphatic rings. The minimum absolute atomic E-state index is 0.0531. The van der Waals surface area contributed by atoms with Crippen LogP contribution >= 0.6 is 0 Å². The van der Waals surface area contributed by atoms with E-state index >= 15 is 0 Å². The minimum Gasteiger partial charge on any atom is -0.477 e. The van der Waals surface area contributed by atoms with E-state index in [-0.39, 0.29) is 17.2 Å². The molecule has 7 nitrogen and oxygen atoms in total. The van der Waals surface area contributed by atoms with E-state index in [1.807, 2.05) is 13.8 Å². The second-order valence-corrected chi connectivity index (χ2v) is 6.93. The van der Waals surface area contributed by atoms with Gasteiger partial charge in [0.1, 0.15) is 11.1 Å². The number of amides is 1. The van der Waals surface area contributed by atoms with Crippen LogP contribution in [0.3, 0.4) is 0 Å². The molecule has 0 aliphatic carbocycles. The Morgan fingerprint density at radius 1 is 1.32 bits per heavy atom. The van der Waals surface area contributed by atoms with Gasteiger partial charge >= 0.3 is 5.97 Å². The lowest BCUT2D eigenvalue weighted by atomic mass is 10.1. The molecule has 2 N–H and O–H groups in total. The molecule has 0 aromatic carbocycles. The Bertz CT molecular complexity index is 696. The van der Waals surface area contributed by atoms with Crippen LogP contribution in [0.2, 0.25) is 0 Å². The molecule has 0 unspecified atom stereocenters. The van der Waals surface area contributed by atoms with Crippen LogP contribution in [0.1, 0.15) is 60.4 Å². The third kappa shape index (κ3) is 4.69. The van der Waals surface area contributed by atoms with Gasteiger partial charge in [-0.25, -0.2) is 4.79 Å². The molecular formula is C18H27N3O4. The maximum atomic E-state index is 12.4. The predicted molar refractivity (Wildman–Crippen MR) is 95.2 cm³/mol. The van der Waals surface area contributed by atoms with Gasteiger partial charge in [0.25, 0.3) is 5.91 Å². The molecule has 25 heavy (non-hydrogen) atoms. The van der Waals surface area contributed by atoms with Crippen molar-refractivity contribution in [1.82, 2.24) is 14.8 Å². The SMILES string of the molecule is CCCN1CC[C@@H](CNC(=O)c2cn(C(C)C)cc(C(=O)O)c2=O)C1. The number of aromatic carboxylic acids is 1. The topological polar surface area (TPSA) is 91.6 Å². The summed E-state index contributed by atoms with van der Waals surface area (Å²) in [5, 5.41) is 12.0. The Morgan fingerprint density at radius 3 is 2.60 bits per heavy atom. The second kappa shape index (κ2) is 8.29. The molecule has 0 bridgehead atoms. The summed E-state index contributed by atoms with van der Waals surface area (Å²) in [6, 6.07) is -0.0531. The summed E-state index contributed by atoms with van der Waals surface area (Å²) < 4.78 is 1.58. The summed E-state index contributed by atoms with van der Waals surface area (Å²) in [6.07, 6.45) is 4.85. The number of pyridine rings is 1. The fourth-order valence-electron chi connectivity index (χ4n) is 3.14. The number of aromatic nitrogens is 1. The molecule has 1 atom stereocenters. The summed E-state index contributed by atoms with van der Waals surface area (Å²) in [5.41, 5.74) is -1.23. The van der Waals surface area contributed by atoms with E-state index in [1.54, 1.807) is 4.57 Å². The van der Waals surface area contributed by atoms with Crippen LogP contribution in [0.25, 0.3) is 0 Å². The Hall–Kier alpha value is -2.15. The average molecular weight is 349 g/mol. The van der Waals surface area contributed by atoms with E-state index in [9.17, 15) is 19.5 Å². The Morgan fingerprint density at radius 2 is 2.00 bits per heavy atom. The highest BCUT2D eigenvalue weighted by Gasteiger charge is 2.24. The number of carboxylic acid groups (broad SMARTS) is 1. The molecule has 0 spiro atoms. The zero-order valence-corrected chi connectivity index (χ0v) is 15.1. The summed E-state index contributed by atoms with van der Waals surface area (Å²) in [5.74, 6) is -1.46. The monoisotopic (exact) mass is 349 g/mol. The molecule has 1 fully saturated rings. The van der Waals surface area contributed by atoms with E-state index in [2.05, 4.69) is 17.1 Å². The van der Waals surface area contributed by atoms with Crippen LogP contribution < -0.4 is 10.7 Å². The summed E-state index contributed by atoms with van der Waals surface area (Å²) >= 11 is 0. The lowest BCUT2D eigenvalue weighted by molar-refractivity contribution is 0.0694. The number of carboxylic acids is 1. The molecule has 2 rings (SSSR count). The van der Waals surface area contributed by atoms with Crippen molar-refractivity contribution in [2.24, 2.45) is 5.92 Å². The molecule has 1 saturated heterocycles. The van der Waals surface area contributed by atoms with Crippen molar-refractivity contribution in [1.29, 1.82) is 0 Å². The van der Waals surface area contributed by atoms with E-state index < -0.39 is 17.3 Å². The molecule has 2 heterocycles. The molecular weight excluding hydrogens is 322 g/mol. The van der Waals surface area contributed by atoms with Crippen molar-refractivity contribution < 1.29 is 14.7 Å². The van der Waals surface area contributed by atoms with Crippen molar-refractivity contribution in [3.05, 3.63) is 33.7 Å². The number of nitrogens with zero attached hydrogens (tertiary/aromatic N) is 2. The van der Waals surface area contributed by atoms with Gasteiger partial charge in [0.15, 0.2) is 0 Å². The van der Waals surface area contributed by atoms with Gasteiger partial charge in [-0.1, -0.05) is 6.92 Å². The highest BCUT2D eigenvalue weighted by Crippen LogP contribution is 2.15. The number of hydrogen-bond donors (Lipinski definition) is 2. The first kappa shape index (κ1) is 19.2. The second-order valence-electron chi connectivity index (χ2n) is 6.93. The van der Waals surface area contributed by atoms with Gasteiger partial charge < -0.3 is 19.9 Å². The van der Waals surface area contributed by atoms with Crippen molar-refractivity contribution in [2.75, 3.05) is 26.2 Å². The smallest absolute Gasteiger partial charge is 0.341 e. The molecule has 138 valence electrons. The first-order valence-electron chi connectivity index (χ1n) is 8.83. The number of nitrogens with one attached hydrogen (secondary N) is 1. The van der Waals surface area contributed by atoms with Gasteiger partial charge in [0.2, 0.25) is 5.43 Å². The summed E-state index contributed by atoms with van der Waals surface area (Å²) in [7, 11) is 0. The molecule has 1 aromatic heterocycles. The maximum absolute atomic E-state index is 12.4. The first-order chi connectivity index (χ1) is 11.8. The third-order valence-electron chi connectivity index (χ3n) is 4.58. The molecule has 1 amide bonds. The van der Waals surface area contributed by atoms with Gasteiger partial charge in [0.05, 0.1) is 0 Å². The minimum atomic E-state index is -1.32. The molecule has 1 aromatic rings. The zero-order chi connectivity index (χ0) is 18.6.